The summed E-state index contributed by atoms with van der Waals surface area (Å²) in [6, 6.07) is 5.02. The molecule has 0 radical (unpaired) electrons. The molecular formula is C24H28F4N2O2. The summed E-state index contributed by atoms with van der Waals surface area (Å²) in [6.45, 7) is 5.29. The number of alkyl halides is 3. The molecule has 1 atom stereocenters. The SMILES string of the molecule is CCCCN(CCCC)C1=C(Oc2ccc(F)cc2)C(C(F)(F)F)CC(c2cnco2)=C1. The van der Waals surface area contributed by atoms with Gasteiger partial charge < -0.3 is 14.1 Å². The average molecular weight is 452 g/mol. The van der Waals surface area contributed by atoms with Crippen molar-refractivity contribution in [3.8, 4) is 5.75 Å². The lowest BCUT2D eigenvalue weighted by molar-refractivity contribution is -0.169. The van der Waals surface area contributed by atoms with E-state index >= 15 is 0 Å². The standard InChI is InChI=1S/C24H28F4N2O2/c1-3-5-11-30(12-6-4-2)21-14-17(22-15-29-16-31-22)13-20(24(26,27)28)23(21)32-19-9-7-18(25)8-10-19/h7-10,14-16,20H,3-6,11-13H2,1-2H3. The Hall–Kier alpha value is -2.77. The Morgan fingerprint density at radius 2 is 1.75 bits per heavy atom. The van der Waals surface area contributed by atoms with Gasteiger partial charge in [-0.15, -0.1) is 0 Å². The van der Waals surface area contributed by atoms with Crippen LogP contribution in [0.25, 0.3) is 5.57 Å². The zero-order valence-corrected chi connectivity index (χ0v) is 18.3. The van der Waals surface area contributed by atoms with E-state index in [1.165, 1.54) is 36.9 Å². The summed E-state index contributed by atoms with van der Waals surface area (Å²) in [4.78, 5) is 5.82. The van der Waals surface area contributed by atoms with Crippen LogP contribution in [0.4, 0.5) is 17.6 Å². The second kappa shape index (κ2) is 10.7. The number of oxazole rings is 1. The number of unbranched alkanes of at least 4 members (excludes halogenated alkanes) is 2. The second-order valence-corrected chi connectivity index (χ2v) is 7.83. The molecule has 0 spiro atoms. The van der Waals surface area contributed by atoms with Crippen molar-refractivity contribution < 1.29 is 26.7 Å². The van der Waals surface area contributed by atoms with Gasteiger partial charge in [0.2, 0.25) is 0 Å². The van der Waals surface area contributed by atoms with Crippen molar-refractivity contribution in [2.75, 3.05) is 13.1 Å². The molecule has 1 heterocycles. The van der Waals surface area contributed by atoms with Crippen LogP contribution in [0.3, 0.4) is 0 Å². The van der Waals surface area contributed by atoms with E-state index < -0.39 is 17.9 Å². The van der Waals surface area contributed by atoms with E-state index in [0.29, 0.717) is 30.1 Å². The van der Waals surface area contributed by atoms with Gasteiger partial charge in [0, 0.05) is 13.1 Å². The molecule has 1 aliphatic rings. The second-order valence-electron chi connectivity index (χ2n) is 7.83. The maximum absolute atomic E-state index is 14.2. The molecule has 0 bridgehead atoms. The van der Waals surface area contributed by atoms with Crippen LogP contribution in [0.1, 0.15) is 51.7 Å². The minimum Gasteiger partial charge on any atom is -0.459 e. The van der Waals surface area contributed by atoms with Gasteiger partial charge in [0.05, 0.1) is 11.9 Å². The smallest absolute Gasteiger partial charge is 0.399 e. The molecular weight excluding hydrogens is 424 g/mol. The van der Waals surface area contributed by atoms with Crippen molar-refractivity contribution in [3.05, 3.63) is 66.0 Å². The molecule has 0 fully saturated rings. The van der Waals surface area contributed by atoms with Crippen LogP contribution in [0, 0.1) is 11.7 Å². The first-order valence-corrected chi connectivity index (χ1v) is 10.9. The summed E-state index contributed by atoms with van der Waals surface area (Å²) in [5.41, 5.74) is 0.806. The van der Waals surface area contributed by atoms with Gasteiger partial charge in [0.1, 0.15) is 29.0 Å². The fourth-order valence-corrected chi connectivity index (χ4v) is 3.65. The zero-order chi connectivity index (χ0) is 23.1. The number of nitrogens with zero attached hydrogens (tertiary/aromatic N) is 2. The molecule has 3 rings (SSSR count). The van der Waals surface area contributed by atoms with Gasteiger partial charge in [-0.1, -0.05) is 26.7 Å². The predicted molar refractivity (Wildman–Crippen MR) is 114 cm³/mol. The lowest BCUT2D eigenvalue weighted by Crippen LogP contribution is -2.35. The van der Waals surface area contributed by atoms with E-state index in [9.17, 15) is 17.6 Å². The van der Waals surface area contributed by atoms with Gasteiger partial charge in [0.25, 0.3) is 0 Å². The van der Waals surface area contributed by atoms with Crippen molar-refractivity contribution in [1.82, 2.24) is 9.88 Å². The van der Waals surface area contributed by atoms with Crippen LogP contribution in [-0.4, -0.2) is 29.1 Å². The Bertz CT molecular complexity index is 910. The summed E-state index contributed by atoms with van der Waals surface area (Å²) < 4.78 is 67.2. The molecule has 32 heavy (non-hydrogen) atoms. The van der Waals surface area contributed by atoms with Crippen molar-refractivity contribution in [3.63, 3.8) is 0 Å². The van der Waals surface area contributed by atoms with Crippen LogP contribution in [-0.2, 0) is 0 Å². The van der Waals surface area contributed by atoms with Crippen molar-refractivity contribution >= 4 is 5.57 Å². The molecule has 4 nitrogen and oxygen atoms in total. The van der Waals surface area contributed by atoms with Crippen molar-refractivity contribution in [2.24, 2.45) is 5.92 Å². The minimum absolute atomic E-state index is 0.163. The van der Waals surface area contributed by atoms with Crippen LogP contribution in [0.2, 0.25) is 0 Å². The molecule has 0 saturated heterocycles. The Kier molecular flexibility index (Phi) is 7.99. The fourth-order valence-electron chi connectivity index (χ4n) is 3.65. The first kappa shape index (κ1) is 23.9. The summed E-state index contributed by atoms with van der Waals surface area (Å²) in [5.74, 6) is -2.04. The third kappa shape index (κ3) is 5.93. The highest BCUT2D eigenvalue weighted by Crippen LogP contribution is 2.45. The Labute approximate surface area is 185 Å². The molecule has 1 aliphatic carbocycles. The molecule has 0 amide bonds. The molecule has 0 N–H and O–H groups in total. The van der Waals surface area contributed by atoms with Gasteiger partial charge >= 0.3 is 6.18 Å². The summed E-state index contributed by atoms with van der Waals surface area (Å²) >= 11 is 0. The van der Waals surface area contributed by atoms with E-state index in [0.717, 1.165) is 25.7 Å². The monoisotopic (exact) mass is 452 g/mol. The number of halogens is 4. The predicted octanol–water partition coefficient (Wildman–Crippen LogP) is 6.97. The maximum Gasteiger partial charge on any atom is 0.399 e. The number of rotatable bonds is 10. The average Bonchev–Trinajstić information content (AvgIpc) is 3.30. The lowest BCUT2D eigenvalue weighted by Gasteiger charge is -2.35. The van der Waals surface area contributed by atoms with Gasteiger partial charge in [-0.25, -0.2) is 9.37 Å². The van der Waals surface area contributed by atoms with E-state index in [-0.39, 0.29) is 17.9 Å². The molecule has 2 aromatic rings. The number of hydrogen-bond donors (Lipinski definition) is 0. The van der Waals surface area contributed by atoms with Crippen LogP contribution in [0.15, 0.2) is 58.8 Å². The molecule has 174 valence electrons. The van der Waals surface area contributed by atoms with Gasteiger partial charge in [0.15, 0.2) is 6.39 Å². The molecule has 1 aromatic heterocycles. The van der Waals surface area contributed by atoms with Crippen LogP contribution in [0.5, 0.6) is 5.75 Å². The highest BCUT2D eigenvalue weighted by Gasteiger charge is 2.47. The molecule has 8 heteroatoms. The third-order valence-electron chi connectivity index (χ3n) is 5.39. The van der Waals surface area contributed by atoms with Crippen LogP contribution < -0.4 is 4.74 Å². The number of aromatic nitrogens is 1. The minimum atomic E-state index is -4.54. The number of benzene rings is 1. The molecule has 0 saturated carbocycles. The highest BCUT2D eigenvalue weighted by molar-refractivity contribution is 5.67. The summed E-state index contributed by atoms with van der Waals surface area (Å²) in [6.07, 6.45) is 2.96. The van der Waals surface area contributed by atoms with Gasteiger partial charge in [-0.3, -0.25) is 0 Å². The number of ether oxygens (including phenoxy) is 1. The topological polar surface area (TPSA) is 38.5 Å². The lowest BCUT2D eigenvalue weighted by atomic mass is 9.88. The van der Waals surface area contributed by atoms with Gasteiger partial charge in [-0.2, -0.15) is 13.2 Å². The largest absolute Gasteiger partial charge is 0.459 e. The Morgan fingerprint density at radius 3 is 2.28 bits per heavy atom. The zero-order valence-electron chi connectivity index (χ0n) is 18.3. The van der Waals surface area contributed by atoms with Crippen molar-refractivity contribution in [2.45, 2.75) is 52.1 Å². The van der Waals surface area contributed by atoms with Crippen LogP contribution >= 0.6 is 0 Å². The van der Waals surface area contributed by atoms with E-state index in [1.54, 1.807) is 6.08 Å². The van der Waals surface area contributed by atoms with Crippen molar-refractivity contribution in [1.29, 1.82) is 0 Å². The summed E-state index contributed by atoms with van der Waals surface area (Å²) in [5, 5.41) is 0. The van der Waals surface area contributed by atoms with Gasteiger partial charge in [-0.05, 0) is 55.2 Å². The third-order valence-corrected chi connectivity index (χ3v) is 5.39. The quantitative estimate of drug-likeness (QED) is 0.365. The molecule has 1 aromatic carbocycles. The Morgan fingerprint density at radius 1 is 1.09 bits per heavy atom. The summed E-state index contributed by atoms with van der Waals surface area (Å²) in [7, 11) is 0. The van der Waals surface area contributed by atoms with E-state index in [1.807, 2.05) is 18.7 Å². The number of allylic oxidation sites excluding steroid dienone is 3. The Balaban J connectivity index is 2.13. The normalized spacial score (nSPS) is 16.8. The maximum atomic E-state index is 14.2. The van der Waals surface area contributed by atoms with E-state index in [2.05, 4.69) is 4.98 Å². The highest BCUT2D eigenvalue weighted by atomic mass is 19.4. The fraction of sp³-hybridized carbons (Fsp3) is 0.458. The first-order valence-electron chi connectivity index (χ1n) is 10.9. The molecule has 0 aliphatic heterocycles. The molecule has 1 unspecified atom stereocenters. The van der Waals surface area contributed by atoms with E-state index in [4.69, 9.17) is 9.15 Å². The number of hydrogen-bond acceptors (Lipinski definition) is 4. The first-order chi connectivity index (χ1) is 15.3.